The number of benzene rings is 1. The minimum Gasteiger partial charge on any atom is -0.377 e. The maximum absolute atomic E-state index is 12.9. The summed E-state index contributed by atoms with van der Waals surface area (Å²) in [5.41, 5.74) is 3.53. The first-order valence-corrected chi connectivity index (χ1v) is 12.6. The molecule has 1 fully saturated rings. The molecule has 1 aromatic heterocycles. The van der Waals surface area contributed by atoms with Crippen LogP contribution < -0.4 is 4.18 Å². The largest absolute Gasteiger partial charge is 0.377 e. The fourth-order valence-electron chi connectivity index (χ4n) is 5.09. The van der Waals surface area contributed by atoms with Gasteiger partial charge in [0.15, 0.2) is 5.75 Å². The van der Waals surface area contributed by atoms with E-state index in [1.54, 1.807) is 12.1 Å². The molecular formula is C24H33NO3S. The van der Waals surface area contributed by atoms with Crippen LogP contribution in [0.1, 0.15) is 81.7 Å². The number of fused-ring (bicyclic) bond motifs is 2. The number of aryl methyl sites for hydroxylation is 2. The van der Waals surface area contributed by atoms with E-state index in [-0.39, 0.29) is 10.3 Å². The molecule has 1 aliphatic carbocycles. The monoisotopic (exact) mass is 415 g/mol. The first-order chi connectivity index (χ1) is 14.0. The van der Waals surface area contributed by atoms with Crippen LogP contribution in [0.25, 0.3) is 0 Å². The van der Waals surface area contributed by atoms with Gasteiger partial charge in [0, 0.05) is 23.7 Å². The van der Waals surface area contributed by atoms with Crippen molar-refractivity contribution >= 4 is 10.1 Å². The van der Waals surface area contributed by atoms with E-state index in [1.807, 2.05) is 25.1 Å². The van der Waals surface area contributed by atoms with Crippen LogP contribution in [0.4, 0.5) is 0 Å². The number of hydrogen-bond donors (Lipinski definition) is 0. The van der Waals surface area contributed by atoms with Crippen molar-refractivity contribution in [2.24, 2.45) is 0 Å². The van der Waals surface area contributed by atoms with Crippen molar-refractivity contribution in [1.29, 1.82) is 0 Å². The summed E-state index contributed by atoms with van der Waals surface area (Å²) in [5.74, 6) is 0.573. The summed E-state index contributed by atoms with van der Waals surface area (Å²) >= 11 is 0. The highest BCUT2D eigenvalue weighted by molar-refractivity contribution is 7.87. The highest BCUT2D eigenvalue weighted by Gasteiger charge is 2.48. The predicted molar refractivity (Wildman–Crippen MR) is 116 cm³/mol. The Hall–Kier alpha value is -1.75. The van der Waals surface area contributed by atoms with Crippen LogP contribution in [0.5, 0.6) is 5.75 Å². The van der Waals surface area contributed by atoms with Crippen molar-refractivity contribution in [1.82, 2.24) is 4.57 Å². The van der Waals surface area contributed by atoms with Crippen LogP contribution >= 0.6 is 0 Å². The van der Waals surface area contributed by atoms with Gasteiger partial charge in [-0.3, -0.25) is 0 Å². The lowest BCUT2D eigenvalue weighted by molar-refractivity contribution is 0.176. The number of nitrogens with zero attached hydrogens (tertiary/aromatic N) is 1. The minimum atomic E-state index is -3.82. The maximum Gasteiger partial charge on any atom is 0.339 e. The van der Waals surface area contributed by atoms with Crippen molar-refractivity contribution in [3.05, 3.63) is 47.3 Å². The second-order valence-electron chi connectivity index (χ2n) is 8.94. The Morgan fingerprint density at radius 1 is 1.03 bits per heavy atom. The lowest BCUT2D eigenvalue weighted by Gasteiger charge is -2.47. The highest BCUT2D eigenvalue weighted by atomic mass is 32.2. The third-order valence-electron chi connectivity index (χ3n) is 6.72. The molecule has 158 valence electrons. The zero-order valence-electron chi connectivity index (χ0n) is 17.7. The first-order valence-electron chi connectivity index (χ1n) is 11.2. The zero-order chi connectivity index (χ0) is 20.5. The fraction of sp³-hybridized carbons (Fsp3) is 0.583. The zero-order valence-corrected chi connectivity index (χ0v) is 18.6. The molecule has 0 bridgehead atoms. The SMILES string of the molecule is CCCCCCc1cc(OS(=O)(=O)c2ccc(C)cc2)c2n1CC21CCCCC1. The van der Waals surface area contributed by atoms with Crippen LogP contribution in [0.2, 0.25) is 0 Å². The molecule has 1 saturated carbocycles. The number of unbranched alkanes of at least 4 members (excludes halogenated alkanes) is 3. The molecule has 1 spiro atoms. The second kappa shape index (κ2) is 8.17. The molecule has 5 heteroatoms. The van der Waals surface area contributed by atoms with E-state index < -0.39 is 10.1 Å². The molecular weight excluding hydrogens is 382 g/mol. The maximum atomic E-state index is 12.9. The van der Waals surface area contributed by atoms with E-state index in [0.717, 1.165) is 43.5 Å². The lowest BCUT2D eigenvalue weighted by atomic mass is 9.67. The van der Waals surface area contributed by atoms with E-state index >= 15 is 0 Å². The molecule has 2 aliphatic rings. The average molecular weight is 416 g/mol. The standard InChI is InChI=1S/C24H33NO3S/c1-3-4-5-7-10-20-17-22(23-24(18-25(20)23)15-8-6-9-16-24)28-29(26,27)21-13-11-19(2)12-14-21/h11-14,17H,3-10,15-16,18H2,1-2H3. The molecule has 0 atom stereocenters. The van der Waals surface area contributed by atoms with E-state index in [2.05, 4.69) is 11.5 Å². The van der Waals surface area contributed by atoms with E-state index in [4.69, 9.17) is 4.18 Å². The number of hydrogen-bond acceptors (Lipinski definition) is 3. The summed E-state index contributed by atoms with van der Waals surface area (Å²) in [6.45, 7) is 5.20. The molecule has 1 aliphatic heterocycles. The second-order valence-corrected chi connectivity index (χ2v) is 10.5. The van der Waals surface area contributed by atoms with Crippen molar-refractivity contribution in [2.45, 2.75) is 94.9 Å². The topological polar surface area (TPSA) is 48.3 Å². The summed E-state index contributed by atoms with van der Waals surface area (Å²) in [6, 6.07) is 8.91. The van der Waals surface area contributed by atoms with Gasteiger partial charge >= 0.3 is 10.1 Å². The minimum absolute atomic E-state index is 0.123. The first kappa shape index (κ1) is 20.5. The molecule has 4 rings (SSSR count). The number of aromatic nitrogens is 1. The average Bonchev–Trinajstić information content (AvgIpc) is 2.97. The summed E-state index contributed by atoms with van der Waals surface area (Å²) in [7, 11) is -3.82. The molecule has 0 unspecified atom stereocenters. The Bertz CT molecular complexity index is 951. The Balaban J connectivity index is 1.62. The fourth-order valence-corrected chi connectivity index (χ4v) is 6.02. The van der Waals surface area contributed by atoms with Gasteiger partial charge in [0.05, 0.1) is 5.69 Å². The molecule has 0 radical (unpaired) electrons. The predicted octanol–water partition coefficient (Wildman–Crippen LogP) is 5.90. The van der Waals surface area contributed by atoms with Gasteiger partial charge < -0.3 is 8.75 Å². The Kier molecular flexibility index (Phi) is 5.78. The van der Waals surface area contributed by atoms with Crippen molar-refractivity contribution in [2.75, 3.05) is 0 Å². The van der Waals surface area contributed by atoms with Crippen molar-refractivity contribution in [3.8, 4) is 5.75 Å². The third-order valence-corrected chi connectivity index (χ3v) is 7.97. The van der Waals surface area contributed by atoms with Crippen molar-refractivity contribution < 1.29 is 12.6 Å². The van der Waals surface area contributed by atoms with Gasteiger partial charge in [0.1, 0.15) is 4.90 Å². The van der Waals surface area contributed by atoms with Crippen LogP contribution in [0, 0.1) is 6.92 Å². The van der Waals surface area contributed by atoms with Gasteiger partial charge in [-0.2, -0.15) is 8.42 Å². The van der Waals surface area contributed by atoms with Gasteiger partial charge in [-0.25, -0.2) is 0 Å². The Morgan fingerprint density at radius 3 is 2.45 bits per heavy atom. The van der Waals surface area contributed by atoms with E-state index in [0.29, 0.717) is 5.75 Å². The van der Waals surface area contributed by atoms with Gasteiger partial charge in [0.25, 0.3) is 0 Å². The molecule has 0 N–H and O–H groups in total. The summed E-state index contributed by atoms with van der Waals surface area (Å²) in [5, 5.41) is 0. The Labute approximate surface area is 175 Å². The molecule has 0 saturated heterocycles. The smallest absolute Gasteiger partial charge is 0.339 e. The molecule has 2 aromatic rings. The van der Waals surface area contributed by atoms with Gasteiger partial charge in [-0.1, -0.05) is 63.1 Å². The molecule has 2 heterocycles. The van der Waals surface area contributed by atoms with Gasteiger partial charge in [-0.05, 0) is 44.7 Å². The molecule has 4 nitrogen and oxygen atoms in total. The molecule has 29 heavy (non-hydrogen) atoms. The van der Waals surface area contributed by atoms with Gasteiger partial charge in [-0.15, -0.1) is 0 Å². The summed E-state index contributed by atoms with van der Waals surface area (Å²) in [4.78, 5) is 0.226. The summed E-state index contributed by atoms with van der Waals surface area (Å²) in [6.07, 6.45) is 11.9. The summed E-state index contributed by atoms with van der Waals surface area (Å²) < 4.78 is 34.0. The number of rotatable bonds is 8. The quantitative estimate of drug-likeness (QED) is 0.398. The van der Waals surface area contributed by atoms with Gasteiger partial charge in [0.2, 0.25) is 0 Å². The lowest BCUT2D eigenvalue weighted by Crippen LogP contribution is -2.46. The highest BCUT2D eigenvalue weighted by Crippen LogP contribution is 2.53. The molecule has 1 aromatic carbocycles. The van der Waals surface area contributed by atoms with Crippen molar-refractivity contribution in [3.63, 3.8) is 0 Å². The van der Waals surface area contributed by atoms with Crippen LogP contribution in [-0.2, 0) is 28.5 Å². The third kappa shape index (κ3) is 3.98. The van der Waals surface area contributed by atoms with Crippen LogP contribution in [0.3, 0.4) is 0 Å². The van der Waals surface area contributed by atoms with E-state index in [1.165, 1.54) is 44.2 Å². The van der Waals surface area contributed by atoms with Crippen LogP contribution in [0.15, 0.2) is 35.2 Å². The Morgan fingerprint density at radius 2 is 1.76 bits per heavy atom. The normalized spacial score (nSPS) is 17.7. The molecule has 0 amide bonds. The van der Waals surface area contributed by atoms with Crippen LogP contribution in [-0.4, -0.2) is 13.0 Å². The van der Waals surface area contributed by atoms with E-state index in [9.17, 15) is 8.42 Å².